The molecule has 0 bridgehead atoms. The van der Waals surface area contributed by atoms with Crippen LogP contribution in [0.5, 0.6) is 0 Å². The van der Waals surface area contributed by atoms with E-state index in [2.05, 4.69) is 5.32 Å². The zero-order valence-electron chi connectivity index (χ0n) is 11.9. The number of esters is 1. The van der Waals surface area contributed by atoms with Gasteiger partial charge in [0.1, 0.15) is 19.0 Å². The molecule has 0 saturated carbocycles. The van der Waals surface area contributed by atoms with E-state index in [0.29, 0.717) is 6.61 Å². The van der Waals surface area contributed by atoms with E-state index in [1.165, 1.54) is 6.07 Å². The second-order valence-electron chi connectivity index (χ2n) is 4.07. The summed E-state index contributed by atoms with van der Waals surface area (Å²) in [4.78, 5) is 34.1. The van der Waals surface area contributed by atoms with Crippen LogP contribution in [0, 0.1) is 5.82 Å². The topological polar surface area (TPSA) is 102 Å². The van der Waals surface area contributed by atoms with Crippen molar-refractivity contribution in [3.63, 3.8) is 0 Å². The summed E-state index contributed by atoms with van der Waals surface area (Å²) < 4.78 is 23.3. The molecule has 22 heavy (non-hydrogen) atoms. The molecule has 2 N–H and O–H groups in total. The van der Waals surface area contributed by atoms with Crippen molar-refractivity contribution in [3.05, 3.63) is 35.1 Å². The number of halogens is 1. The molecule has 1 aromatic carbocycles. The summed E-state index contributed by atoms with van der Waals surface area (Å²) in [5, 5.41) is 11.0. The van der Waals surface area contributed by atoms with Crippen LogP contribution in [-0.4, -0.2) is 49.3 Å². The Morgan fingerprint density at radius 2 is 2.00 bits per heavy atom. The van der Waals surface area contributed by atoms with Crippen molar-refractivity contribution >= 4 is 17.8 Å². The maximum atomic E-state index is 13.6. The lowest BCUT2D eigenvalue weighted by molar-refractivity contribution is -0.143. The van der Waals surface area contributed by atoms with Gasteiger partial charge in [-0.25, -0.2) is 9.18 Å². The van der Waals surface area contributed by atoms with Crippen molar-refractivity contribution in [1.29, 1.82) is 0 Å². The number of benzene rings is 1. The maximum absolute atomic E-state index is 13.6. The Hall–Kier alpha value is -2.48. The summed E-state index contributed by atoms with van der Waals surface area (Å²) >= 11 is 0. The van der Waals surface area contributed by atoms with Gasteiger partial charge >= 0.3 is 11.9 Å². The zero-order valence-corrected chi connectivity index (χ0v) is 11.9. The molecule has 8 heteroatoms. The number of hydrogen-bond donors (Lipinski definition) is 2. The van der Waals surface area contributed by atoms with Gasteiger partial charge < -0.3 is 19.9 Å². The van der Waals surface area contributed by atoms with Crippen LogP contribution in [-0.2, 0) is 14.3 Å². The normalized spacial score (nSPS) is 10.1. The van der Waals surface area contributed by atoms with Crippen LogP contribution in [0.15, 0.2) is 18.2 Å². The Kier molecular flexibility index (Phi) is 6.97. The minimum atomic E-state index is -1.44. The standard InChI is InChI=1S/C14H16FNO6/c1-2-21-6-7-22-11(17)8-16-13(18)12-9(14(19)20)4-3-5-10(12)15/h3-5H,2,6-8H2,1H3,(H,16,18)(H,19,20). The molecule has 0 spiro atoms. The molecule has 120 valence electrons. The van der Waals surface area contributed by atoms with Crippen LogP contribution in [0.2, 0.25) is 0 Å². The van der Waals surface area contributed by atoms with Crippen molar-refractivity contribution in [3.8, 4) is 0 Å². The van der Waals surface area contributed by atoms with Gasteiger partial charge in [0.15, 0.2) is 0 Å². The maximum Gasteiger partial charge on any atom is 0.336 e. The smallest absolute Gasteiger partial charge is 0.336 e. The van der Waals surface area contributed by atoms with Crippen LogP contribution >= 0.6 is 0 Å². The molecule has 1 amide bonds. The molecule has 0 aliphatic rings. The van der Waals surface area contributed by atoms with Gasteiger partial charge in [0.25, 0.3) is 5.91 Å². The predicted octanol–water partition coefficient (Wildman–Crippen LogP) is 0.833. The minimum absolute atomic E-state index is 0.0304. The summed E-state index contributed by atoms with van der Waals surface area (Å²) in [5.41, 5.74) is -1.11. The largest absolute Gasteiger partial charge is 0.478 e. The molecule has 0 heterocycles. The monoisotopic (exact) mass is 313 g/mol. The highest BCUT2D eigenvalue weighted by Crippen LogP contribution is 2.13. The number of rotatable bonds is 8. The molecule has 0 atom stereocenters. The quantitative estimate of drug-likeness (QED) is 0.544. The summed E-state index contributed by atoms with van der Waals surface area (Å²) in [6, 6.07) is 3.24. The Balaban J connectivity index is 2.59. The van der Waals surface area contributed by atoms with Crippen LogP contribution in [0.1, 0.15) is 27.6 Å². The second-order valence-corrected chi connectivity index (χ2v) is 4.07. The number of amides is 1. The fourth-order valence-corrected chi connectivity index (χ4v) is 1.58. The fraction of sp³-hybridized carbons (Fsp3) is 0.357. The Bertz CT molecular complexity index is 560. The van der Waals surface area contributed by atoms with Crippen molar-refractivity contribution in [2.45, 2.75) is 6.92 Å². The Labute approximate surface area is 126 Å². The highest BCUT2D eigenvalue weighted by atomic mass is 19.1. The Morgan fingerprint density at radius 3 is 2.64 bits per heavy atom. The summed E-state index contributed by atoms with van der Waals surface area (Å²) in [6.07, 6.45) is 0. The van der Waals surface area contributed by atoms with Crippen molar-refractivity contribution < 1.29 is 33.4 Å². The molecule has 0 unspecified atom stereocenters. The lowest BCUT2D eigenvalue weighted by Gasteiger charge is -2.09. The average molecular weight is 313 g/mol. The Morgan fingerprint density at radius 1 is 1.27 bits per heavy atom. The van der Waals surface area contributed by atoms with Gasteiger partial charge in [-0.2, -0.15) is 0 Å². The van der Waals surface area contributed by atoms with Crippen LogP contribution < -0.4 is 5.32 Å². The predicted molar refractivity (Wildman–Crippen MR) is 73.1 cm³/mol. The van der Waals surface area contributed by atoms with Gasteiger partial charge in [0.2, 0.25) is 0 Å². The van der Waals surface area contributed by atoms with Gasteiger partial charge in [-0.1, -0.05) is 6.07 Å². The molecule has 7 nitrogen and oxygen atoms in total. The SMILES string of the molecule is CCOCCOC(=O)CNC(=O)c1c(F)cccc1C(=O)O. The number of nitrogens with one attached hydrogen (secondary N) is 1. The molecular weight excluding hydrogens is 297 g/mol. The fourth-order valence-electron chi connectivity index (χ4n) is 1.58. The summed E-state index contributed by atoms with van der Waals surface area (Å²) in [6.45, 7) is 2.03. The van der Waals surface area contributed by atoms with Crippen molar-refractivity contribution in [2.24, 2.45) is 0 Å². The number of carboxylic acids is 1. The van der Waals surface area contributed by atoms with E-state index in [-0.39, 0.29) is 13.2 Å². The van der Waals surface area contributed by atoms with E-state index in [1.54, 1.807) is 6.92 Å². The third-order valence-corrected chi connectivity index (χ3v) is 2.56. The first-order chi connectivity index (χ1) is 10.5. The van der Waals surface area contributed by atoms with Gasteiger partial charge in [-0.15, -0.1) is 0 Å². The number of carboxylic acid groups (broad SMARTS) is 1. The van der Waals surface area contributed by atoms with Crippen molar-refractivity contribution in [1.82, 2.24) is 5.32 Å². The van der Waals surface area contributed by atoms with Gasteiger partial charge in [0.05, 0.1) is 17.7 Å². The second kappa shape index (κ2) is 8.73. The molecule has 0 saturated heterocycles. The molecular formula is C14H16FNO6. The number of carbonyl (C=O) groups is 3. The van der Waals surface area contributed by atoms with E-state index < -0.39 is 41.3 Å². The highest BCUT2D eigenvalue weighted by Gasteiger charge is 2.21. The lowest BCUT2D eigenvalue weighted by Crippen LogP contribution is -2.32. The van der Waals surface area contributed by atoms with E-state index in [4.69, 9.17) is 14.6 Å². The average Bonchev–Trinajstić information content (AvgIpc) is 2.48. The van der Waals surface area contributed by atoms with E-state index in [1.807, 2.05) is 0 Å². The van der Waals surface area contributed by atoms with Gasteiger partial charge in [-0.05, 0) is 19.1 Å². The number of ether oxygens (including phenoxy) is 2. The molecule has 0 aliphatic carbocycles. The van der Waals surface area contributed by atoms with E-state index in [0.717, 1.165) is 12.1 Å². The molecule has 0 aromatic heterocycles. The first-order valence-electron chi connectivity index (χ1n) is 6.50. The third-order valence-electron chi connectivity index (χ3n) is 2.56. The number of hydrogen-bond acceptors (Lipinski definition) is 5. The highest BCUT2D eigenvalue weighted by molar-refractivity contribution is 6.05. The van der Waals surface area contributed by atoms with E-state index in [9.17, 15) is 18.8 Å². The van der Waals surface area contributed by atoms with Crippen molar-refractivity contribution in [2.75, 3.05) is 26.4 Å². The molecule has 1 aromatic rings. The first-order valence-corrected chi connectivity index (χ1v) is 6.50. The summed E-state index contributed by atoms with van der Waals surface area (Å²) in [5.74, 6) is -4.16. The van der Waals surface area contributed by atoms with Gasteiger partial charge in [-0.3, -0.25) is 9.59 Å². The summed E-state index contributed by atoms with van der Waals surface area (Å²) in [7, 11) is 0. The third kappa shape index (κ3) is 5.13. The number of carbonyl (C=O) groups excluding carboxylic acids is 2. The van der Waals surface area contributed by atoms with Crippen LogP contribution in [0.3, 0.4) is 0 Å². The van der Waals surface area contributed by atoms with Gasteiger partial charge in [0, 0.05) is 6.61 Å². The zero-order chi connectivity index (χ0) is 16.5. The molecule has 0 fully saturated rings. The molecule has 0 radical (unpaired) electrons. The lowest BCUT2D eigenvalue weighted by atomic mass is 10.1. The molecule has 1 rings (SSSR count). The number of aromatic carboxylic acids is 1. The molecule has 0 aliphatic heterocycles. The van der Waals surface area contributed by atoms with Crippen LogP contribution in [0.25, 0.3) is 0 Å². The van der Waals surface area contributed by atoms with E-state index >= 15 is 0 Å². The first kappa shape index (κ1) is 17.6. The van der Waals surface area contributed by atoms with Crippen LogP contribution in [0.4, 0.5) is 4.39 Å². The minimum Gasteiger partial charge on any atom is -0.478 e.